The van der Waals surface area contributed by atoms with E-state index in [2.05, 4.69) is 31.2 Å². The summed E-state index contributed by atoms with van der Waals surface area (Å²) in [6.07, 6.45) is 3.24. The molecule has 2 aromatic heterocycles. The molecule has 1 aliphatic heterocycles. The van der Waals surface area contributed by atoms with Crippen LogP contribution in [0.5, 0.6) is 0 Å². The summed E-state index contributed by atoms with van der Waals surface area (Å²) in [7, 11) is 1.71. The van der Waals surface area contributed by atoms with Crippen LogP contribution in [0.25, 0.3) is 0 Å². The predicted molar refractivity (Wildman–Crippen MR) is 117 cm³/mol. The molecular formula is C21H31N5O3S. The number of carbonyl (C=O) groups excluding carboxylic acids is 1. The van der Waals surface area contributed by atoms with Gasteiger partial charge in [-0.3, -0.25) is 9.36 Å². The average Bonchev–Trinajstić information content (AvgIpc) is 3.45. The highest BCUT2D eigenvalue weighted by molar-refractivity contribution is 7.99. The topological polar surface area (TPSA) is 74.4 Å². The summed E-state index contributed by atoms with van der Waals surface area (Å²) in [6.45, 7) is 8.79. The average molecular weight is 434 g/mol. The number of aryl methyl sites for hydroxylation is 1. The van der Waals surface area contributed by atoms with Crippen molar-refractivity contribution in [1.82, 2.24) is 19.3 Å². The number of thioether (sulfide) groups is 1. The highest BCUT2D eigenvalue weighted by Gasteiger charge is 2.32. The Morgan fingerprint density at radius 3 is 2.73 bits per heavy atom. The Morgan fingerprint density at radius 1 is 1.27 bits per heavy atom. The van der Waals surface area contributed by atoms with Crippen LogP contribution in [0, 0.1) is 13.8 Å². The molecule has 1 saturated carbocycles. The van der Waals surface area contributed by atoms with Crippen molar-refractivity contribution in [2.75, 3.05) is 50.7 Å². The minimum Gasteiger partial charge on any atom is -0.385 e. The van der Waals surface area contributed by atoms with Gasteiger partial charge in [0, 0.05) is 56.3 Å². The monoisotopic (exact) mass is 433 g/mol. The van der Waals surface area contributed by atoms with Gasteiger partial charge < -0.3 is 18.9 Å². The summed E-state index contributed by atoms with van der Waals surface area (Å²) in [5, 5.41) is 9.75. The Hall–Kier alpha value is -1.84. The molecule has 0 bridgehead atoms. The van der Waals surface area contributed by atoms with E-state index in [1.807, 2.05) is 13.0 Å². The summed E-state index contributed by atoms with van der Waals surface area (Å²) in [6, 6.07) is 2.47. The Bertz CT molecular complexity index is 884. The zero-order chi connectivity index (χ0) is 21.1. The maximum Gasteiger partial charge on any atom is 0.228 e. The number of ketones is 1. The van der Waals surface area contributed by atoms with Crippen molar-refractivity contribution < 1.29 is 14.3 Å². The second-order valence-electron chi connectivity index (χ2n) is 7.98. The zero-order valence-corrected chi connectivity index (χ0v) is 18.9. The summed E-state index contributed by atoms with van der Waals surface area (Å²) >= 11 is 1.50. The van der Waals surface area contributed by atoms with E-state index in [1.54, 1.807) is 7.11 Å². The Labute approximate surface area is 181 Å². The summed E-state index contributed by atoms with van der Waals surface area (Å²) in [5.41, 5.74) is 2.96. The lowest BCUT2D eigenvalue weighted by atomic mass is 10.2. The minimum atomic E-state index is 0.143. The molecule has 0 N–H and O–H groups in total. The molecule has 3 heterocycles. The van der Waals surface area contributed by atoms with Crippen LogP contribution in [0.2, 0.25) is 0 Å². The van der Waals surface area contributed by atoms with Gasteiger partial charge >= 0.3 is 0 Å². The van der Waals surface area contributed by atoms with Crippen LogP contribution in [0.15, 0.2) is 11.2 Å². The molecule has 0 amide bonds. The van der Waals surface area contributed by atoms with Gasteiger partial charge in [0.15, 0.2) is 10.9 Å². The lowest BCUT2D eigenvalue weighted by Crippen LogP contribution is -2.38. The van der Waals surface area contributed by atoms with E-state index < -0.39 is 0 Å². The van der Waals surface area contributed by atoms with E-state index in [0.717, 1.165) is 86.8 Å². The summed E-state index contributed by atoms with van der Waals surface area (Å²) in [5.74, 6) is 1.44. The van der Waals surface area contributed by atoms with E-state index >= 15 is 0 Å². The number of anilines is 1. The first-order valence-corrected chi connectivity index (χ1v) is 11.7. The van der Waals surface area contributed by atoms with Crippen molar-refractivity contribution in [3.05, 3.63) is 23.0 Å². The first kappa shape index (κ1) is 21.4. The van der Waals surface area contributed by atoms with Gasteiger partial charge in [-0.2, -0.15) is 0 Å². The van der Waals surface area contributed by atoms with Crippen molar-refractivity contribution >= 4 is 23.5 Å². The van der Waals surface area contributed by atoms with Crippen molar-refractivity contribution in [1.29, 1.82) is 0 Å². The molecule has 1 aliphatic carbocycles. The van der Waals surface area contributed by atoms with Crippen LogP contribution in [0.1, 0.15) is 47.1 Å². The van der Waals surface area contributed by atoms with Gasteiger partial charge in [-0.25, -0.2) is 0 Å². The third-order valence-electron chi connectivity index (χ3n) is 5.79. The highest BCUT2D eigenvalue weighted by Crippen LogP contribution is 2.41. The molecule has 0 radical (unpaired) electrons. The third-order valence-corrected chi connectivity index (χ3v) is 6.73. The van der Waals surface area contributed by atoms with E-state index in [0.29, 0.717) is 11.8 Å². The third kappa shape index (κ3) is 4.58. The van der Waals surface area contributed by atoms with Gasteiger partial charge in [-0.1, -0.05) is 11.8 Å². The number of rotatable bonds is 10. The van der Waals surface area contributed by atoms with Crippen LogP contribution in [-0.2, 0) is 16.0 Å². The molecule has 4 rings (SSSR count). The Balaban J connectivity index is 1.44. The molecule has 0 atom stereocenters. The number of nitrogens with zero attached hydrogens (tertiary/aromatic N) is 5. The van der Waals surface area contributed by atoms with Crippen molar-refractivity contribution in [3.63, 3.8) is 0 Å². The van der Waals surface area contributed by atoms with Gasteiger partial charge in [0.05, 0.1) is 19.0 Å². The van der Waals surface area contributed by atoms with Gasteiger partial charge in [0.2, 0.25) is 5.95 Å². The molecule has 0 unspecified atom stereocenters. The highest BCUT2D eigenvalue weighted by atomic mass is 32.2. The second-order valence-corrected chi connectivity index (χ2v) is 8.92. The van der Waals surface area contributed by atoms with E-state index in [1.165, 1.54) is 11.8 Å². The molecule has 164 valence electrons. The Morgan fingerprint density at radius 2 is 2.03 bits per heavy atom. The van der Waals surface area contributed by atoms with Gasteiger partial charge in [-0.15, -0.1) is 10.2 Å². The van der Waals surface area contributed by atoms with Gasteiger partial charge in [0.25, 0.3) is 0 Å². The fraction of sp³-hybridized carbons (Fsp3) is 0.667. The number of ether oxygens (including phenoxy) is 2. The summed E-state index contributed by atoms with van der Waals surface area (Å²) < 4.78 is 15.1. The van der Waals surface area contributed by atoms with Crippen molar-refractivity contribution in [2.45, 2.75) is 50.9 Å². The molecule has 0 spiro atoms. The molecule has 2 aliphatic rings. The molecule has 9 heteroatoms. The van der Waals surface area contributed by atoms with Gasteiger partial charge in [-0.05, 0) is 39.2 Å². The number of carbonyl (C=O) groups is 1. The molecule has 2 fully saturated rings. The zero-order valence-electron chi connectivity index (χ0n) is 18.1. The largest absolute Gasteiger partial charge is 0.385 e. The quantitative estimate of drug-likeness (QED) is 0.324. The number of hydrogen-bond donors (Lipinski definition) is 0. The fourth-order valence-electron chi connectivity index (χ4n) is 4.00. The van der Waals surface area contributed by atoms with E-state index in [9.17, 15) is 4.79 Å². The van der Waals surface area contributed by atoms with Crippen LogP contribution in [0.3, 0.4) is 0 Å². The molecule has 30 heavy (non-hydrogen) atoms. The number of hydrogen-bond acceptors (Lipinski definition) is 7. The molecular weight excluding hydrogens is 402 g/mol. The lowest BCUT2D eigenvalue weighted by molar-refractivity contribution is 0.102. The first-order valence-electron chi connectivity index (χ1n) is 10.7. The van der Waals surface area contributed by atoms with Gasteiger partial charge in [0.1, 0.15) is 0 Å². The second kappa shape index (κ2) is 9.53. The Kier molecular flexibility index (Phi) is 6.80. The SMILES string of the molecule is COCCCn1c(C)cc(C(=O)CSc2nnc(N3CCOCC3)n2C2CC2)c1C. The number of aromatic nitrogens is 4. The predicted octanol–water partition coefficient (Wildman–Crippen LogP) is 2.88. The number of Topliss-reactive ketones (excluding diaryl/α,β-unsaturated/α-hetero) is 1. The van der Waals surface area contributed by atoms with Crippen LogP contribution >= 0.6 is 11.8 Å². The molecule has 0 aromatic carbocycles. The molecule has 8 nitrogen and oxygen atoms in total. The number of morpholine rings is 1. The van der Waals surface area contributed by atoms with Crippen molar-refractivity contribution in [3.8, 4) is 0 Å². The molecule has 2 aromatic rings. The van der Waals surface area contributed by atoms with Crippen molar-refractivity contribution in [2.24, 2.45) is 0 Å². The minimum absolute atomic E-state index is 0.143. The maximum atomic E-state index is 13.0. The lowest BCUT2D eigenvalue weighted by Gasteiger charge is -2.27. The molecule has 1 saturated heterocycles. The van der Waals surface area contributed by atoms with Crippen LogP contribution < -0.4 is 4.90 Å². The van der Waals surface area contributed by atoms with Crippen LogP contribution in [-0.4, -0.2) is 70.9 Å². The first-order chi connectivity index (χ1) is 14.6. The smallest absolute Gasteiger partial charge is 0.228 e. The fourth-order valence-corrected chi connectivity index (χ4v) is 4.89. The number of methoxy groups -OCH3 is 1. The maximum absolute atomic E-state index is 13.0. The summed E-state index contributed by atoms with van der Waals surface area (Å²) in [4.78, 5) is 15.2. The normalized spacial score (nSPS) is 17.0. The van der Waals surface area contributed by atoms with E-state index in [-0.39, 0.29) is 5.78 Å². The van der Waals surface area contributed by atoms with E-state index in [4.69, 9.17) is 9.47 Å². The standard InChI is InChI=1S/C21H31N5O3S/c1-15-13-18(16(2)25(15)7-4-10-28-3)19(27)14-30-21-23-22-20(26(21)17-5-6-17)24-8-11-29-12-9-24/h13,17H,4-12,14H2,1-3H3. The van der Waals surface area contributed by atoms with Crippen LogP contribution in [0.4, 0.5) is 5.95 Å².